The van der Waals surface area contributed by atoms with E-state index in [-0.39, 0.29) is 56.0 Å². The molecular formula is C21H29F2N7O2. The van der Waals surface area contributed by atoms with Crippen molar-refractivity contribution >= 4 is 29.4 Å². The molecule has 11 heteroatoms. The Balaban J connectivity index is 1.19. The van der Waals surface area contributed by atoms with Gasteiger partial charge >= 0.3 is 6.03 Å². The fourth-order valence-corrected chi connectivity index (χ4v) is 4.90. The average molecular weight is 450 g/mol. The number of urea groups is 1. The van der Waals surface area contributed by atoms with E-state index in [4.69, 9.17) is 4.98 Å². The van der Waals surface area contributed by atoms with Crippen LogP contribution in [0.25, 0.3) is 0 Å². The minimum Gasteiger partial charge on any atom is -0.351 e. The van der Waals surface area contributed by atoms with E-state index in [9.17, 15) is 18.4 Å². The van der Waals surface area contributed by atoms with Crippen molar-refractivity contribution in [3.05, 3.63) is 5.69 Å². The third-order valence-electron chi connectivity index (χ3n) is 7.12. The van der Waals surface area contributed by atoms with Gasteiger partial charge in [0.1, 0.15) is 11.7 Å². The highest BCUT2D eigenvalue weighted by Crippen LogP contribution is 2.40. The van der Waals surface area contributed by atoms with E-state index in [0.29, 0.717) is 12.5 Å². The number of alkyl halides is 2. The first-order chi connectivity index (χ1) is 15.2. The van der Waals surface area contributed by atoms with Crippen molar-refractivity contribution in [2.75, 3.05) is 41.8 Å². The number of rotatable bonds is 3. The van der Waals surface area contributed by atoms with Gasteiger partial charge in [0.15, 0.2) is 5.82 Å². The van der Waals surface area contributed by atoms with Gasteiger partial charge in [-0.05, 0) is 32.6 Å². The number of nitrogens with one attached hydrogen (secondary N) is 2. The molecule has 3 amide bonds. The number of piperidine rings is 1. The predicted molar refractivity (Wildman–Crippen MR) is 115 cm³/mol. The van der Waals surface area contributed by atoms with Gasteiger partial charge in [-0.3, -0.25) is 4.79 Å². The third-order valence-corrected chi connectivity index (χ3v) is 7.12. The minimum atomic E-state index is -2.66. The molecule has 1 saturated carbocycles. The van der Waals surface area contributed by atoms with Crippen LogP contribution >= 0.6 is 0 Å². The summed E-state index contributed by atoms with van der Waals surface area (Å²) in [5, 5.41) is 6.31. The third kappa shape index (κ3) is 3.71. The first-order valence-corrected chi connectivity index (χ1v) is 11.4. The van der Waals surface area contributed by atoms with Crippen LogP contribution in [0.5, 0.6) is 0 Å². The number of hydrogen-bond acceptors (Lipinski definition) is 6. The summed E-state index contributed by atoms with van der Waals surface area (Å²) >= 11 is 0. The summed E-state index contributed by atoms with van der Waals surface area (Å²) < 4.78 is 26.6. The summed E-state index contributed by atoms with van der Waals surface area (Å²) in [4.78, 5) is 39.6. The van der Waals surface area contributed by atoms with E-state index in [1.807, 2.05) is 23.8 Å². The van der Waals surface area contributed by atoms with Gasteiger partial charge in [0, 0.05) is 51.6 Å². The van der Waals surface area contributed by atoms with E-state index in [1.165, 1.54) is 4.90 Å². The summed E-state index contributed by atoms with van der Waals surface area (Å²) in [6.07, 6.45) is 2.59. The van der Waals surface area contributed by atoms with Crippen LogP contribution in [0.2, 0.25) is 0 Å². The molecule has 4 aliphatic rings. The fourth-order valence-electron chi connectivity index (χ4n) is 4.90. The van der Waals surface area contributed by atoms with Crippen LogP contribution in [0, 0.1) is 0 Å². The smallest absolute Gasteiger partial charge is 0.317 e. The topological polar surface area (TPSA) is 93.7 Å². The molecule has 0 spiro atoms. The number of aryl methyl sites for hydroxylation is 1. The maximum Gasteiger partial charge on any atom is 0.317 e. The van der Waals surface area contributed by atoms with Gasteiger partial charge in [-0.1, -0.05) is 0 Å². The number of halogens is 2. The van der Waals surface area contributed by atoms with E-state index in [0.717, 1.165) is 42.9 Å². The van der Waals surface area contributed by atoms with Gasteiger partial charge in [0.2, 0.25) is 11.9 Å². The fraction of sp³-hybridized carbons (Fsp3) is 0.714. The van der Waals surface area contributed by atoms with Gasteiger partial charge in [-0.25, -0.2) is 18.6 Å². The SMILES string of the molecule is C[C@H]1C(=O)N2CCCc3nc(N[C@H]4C[C@H](NC(=O)N5CCC(F)(F)CC5)C4)nc(c32)N1C. The van der Waals surface area contributed by atoms with Gasteiger partial charge < -0.3 is 25.3 Å². The lowest BCUT2D eigenvalue weighted by Gasteiger charge is -2.42. The molecule has 9 nitrogen and oxygen atoms in total. The number of likely N-dealkylation sites (tertiary alicyclic amines) is 1. The average Bonchev–Trinajstić information content (AvgIpc) is 2.74. The zero-order chi connectivity index (χ0) is 22.6. The monoisotopic (exact) mass is 449 g/mol. The number of hydrogen-bond donors (Lipinski definition) is 2. The van der Waals surface area contributed by atoms with Crippen molar-refractivity contribution in [2.24, 2.45) is 0 Å². The van der Waals surface area contributed by atoms with Crippen LogP contribution in [0.3, 0.4) is 0 Å². The number of amides is 3. The molecule has 174 valence electrons. The zero-order valence-electron chi connectivity index (χ0n) is 18.4. The Labute approximate surface area is 185 Å². The van der Waals surface area contributed by atoms with Crippen molar-refractivity contribution in [3.8, 4) is 0 Å². The van der Waals surface area contributed by atoms with Crippen LogP contribution in [0.15, 0.2) is 0 Å². The summed E-state index contributed by atoms with van der Waals surface area (Å²) in [5.74, 6) is -1.26. The second-order valence-corrected chi connectivity index (χ2v) is 9.35. The Bertz CT molecular complexity index is 927. The van der Waals surface area contributed by atoms with E-state index in [2.05, 4.69) is 15.6 Å². The summed E-state index contributed by atoms with van der Waals surface area (Å²) in [5.41, 5.74) is 1.72. The van der Waals surface area contributed by atoms with E-state index >= 15 is 0 Å². The van der Waals surface area contributed by atoms with Gasteiger partial charge in [0.25, 0.3) is 5.92 Å². The molecular weight excluding hydrogens is 420 g/mol. The second kappa shape index (κ2) is 7.70. The maximum absolute atomic E-state index is 13.3. The van der Waals surface area contributed by atoms with Crippen molar-refractivity contribution < 1.29 is 18.4 Å². The highest BCUT2D eigenvalue weighted by Gasteiger charge is 2.40. The zero-order valence-corrected chi connectivity index (χ0v) is 18.4. The Hall–Kier alpha value is -2.72. The first-order valence-electron chi connectivity index (χ1n) is 11.4. The Morgan fingerprint density at radius 1 is 1.12 bits per heavy atom. The summed E-state index contributed by atoms with van der Waals surface area (Å²) in [6, 6.07) is -0.397. The molecule has 1 saturated heterocycles. The molecule has 2 fully saturated rings. The predicted octanol–water partition coefficient (Wildman–Crippen LogP) is 1.98. The Kier molecular flexibility index (Phi) is 5.09. The highest BCUT2D eigenvalue weighted by atomic mass is 19.3. The van der Waals surface area contributed by atoms with Crippen LogP contribution < -0.4 is 20.4 Å². The standard InChI is InChI=1S/C21H29F2N7O2/c1-12-18(31)30-7-3-4-15-16(30)17(28(12)2)27-19(26-15)24-13-10-14(11-13)25-20(32)29-8-5-21(22,23)6-9-29/h12-14H,3-11H2,1-2H3,(H,25,32)(H,24,26,27)/t12-,13-,14-/m0/s1. The molecule has 3 aliphatic heterocycles. The minimum absolute atomic E-state index is 0.00854. The number of nitrogens with zero attached hydrogens (tertiary/aromatic N) is 5. The van der Waals surface area contributed by atoms with Gasteiger partial charge in [-0.15, -0.1) is 0 Å². The molecule has 4 heterocycles. The van der Waals surface area contributed by atoms with E-state index in [1.54, 1.807) is 0 Å². The lowest BCUT2D eigenvalue weighted by molar-refractivity contribution is -0.119. The molecule has 1 aliphatic carbocycles. The van der Waals surface area contributed by atoms with Crippen LogP contribution in [0.1, 0.15) is 44.7 Å². The van der Waals surface area contributed by atoms with Crippen molar-refractivity contribution in [2.45, 2.75) is 69.5 Å². The molecule has 0 unspecified atom stereocenters. The number of likely N-dealkylation sites (N-methyl/N-ethyl adjacent to an activating group) is 1. The Morgan fingerprint density at radius 2 is 1.84 bits per heavy atom. The highest BCUT2D eigenvalue weighted by molar-refractivity contribution is 6.05. The first kappa shape index (κ1) is 21.1. The van der Waals surface area contributed by atoms with Crippen molar-refractivity contribution in [1.29, 1.82) is 0 Å². The van der Waals surface area contributed by atoms with Crippen molar-refractivity contribution in [1.82, 2.24) is 20.2 Å². The molecule has 1 atom stereocenters. The summed E-state index contributed by atoms with van der Waals surface area (Å²) in [6.45, 7) is 2.76. The largest absolute Gasteiger partial charge is 0.351 e. The quantitative estimate of drug-likeness (QED) is 0.733. The Morgan fingerprint density at radius 3 is 2.56 bits per heavy atom. The number of anilines is 3. The maximum atomic E-state index is 13.3. The number of carbonyl (C=O) groups excluding carboxylic acids is 2. The molecule has 32 heavy (non-hydrogen) atoms. The normalized spacial score (nSPS) is 28.7. The van der Waals surface area contributed by atoms with Crippen molar-refractivity contribution in [3.63, 3.8) is 0 Å². The molecule has 0 aromatic carbocycles. The van der Waals surface area contributed by atoms with E-state index < -0.39 is 5.92 Å². The van der Waals surface area contributed by atoms with Crippen LogP contribution in [-0.2, 0) is 11.2 Å². The lowest BCUT2D eigenvalue weighted by Crippen LogP contribution is -2.55. The molecule has 1 aromatic heterocycles. The molecule has 1 aromatic rings. The van der Waals surface area contributed by atoms with Crippen LogP contribution in [-0.4, -0.2) is 77.5 Å². The lowest BCUT2D eigenvalue weighted by atomic mass is 9.87. The van der Waals surface area contributed by atoms with Crippen LogP contribution in [0.4, 0.5) is 31.0 Å². The molecule has 0 radical (unpaired) electrons. The number of aromatic nitrogens is 2. The van der Waals surface area contributed by atoms with Gasteiger partial charge in [0.05, 0.1) is 5.69 Å². The second-order valence-electron chi connectivity index (χ2n) is 9.35. The summed E-state index contributed by atoms with van der Waals surface area (Å²) in [7, 11) is 1.88. The molecule has 2 N–H and O–H groups in total. The number of carbonyl (C=O) groups is 2. The molecule has 5 rings (SSSR count). The molecule has 0 bridgehead atoms. The van der Waals surface area contributed by atoms with Gasteiger partial charge in [-0.2, -0.15) is 4.98 Å².